The van der Waals surface area contributed by atoms with Crippen LogP contribution in [0.15, 0.2) is 29.5 Å². The summed E-state index contributed by atoms with van der Waals surface area (Å²) >= 11 is 0. The highest BCUT2D eigenvalue weighted by Crippen LogP contribution is 2.35. The average molecular weight is 291 g/mol. The Balaban J connectivity index is 2.59. The number of amides is 3. The summed E-state index contributed by atoms with van der Waals surface area (Å²) in [6.45, 7) is 1.62. The molecule has 1 aliphatic rings. The Morgan fingerprint density at radius 2 is 2.00 bits per heavy atom. The summed E-state index contributed by atoms with van der Waals surface area (Å²) in [7, 11) is 3.04. The van der Waals surface area contributed by atoms with Crippen LogP contribution in [0.2, 0.25) is 0 Å². The summed E-state index contributed by atoms with van der Waals surface area (Å²) in [6.07, 6.45) is 0. The van der Waals surface area contributed by atoms with Crippen LogP contribution in [0.1, 0.15) is 18.5 Å². The molecular weight excluding hydrogens is 274 g/mol. The average Bonchev–Trinajstić information content (AvgIpc) is 2.45. The van der Waals surface area contributed by atoms with Crippen LogP contribution >= 0.6 is 0 Å². The molecule has 7 heteroatoms. The Hall–Kier alpha value is -2.70. The normalized spacial score (nSPS) is 17.9. The lowest BCUT2D eigenvalue weighted by Gasteiger charge is -2.28. The van der Waals surface area contributed by atoms with Gasteiger partial charge in [-0.3, -0.25) is 4.79 Å². The molecule has 7 nitrogen and oxygen atoms in total. The highest BCUT2D eigenvalue weighted by molar-refractivity contribution is 5.97. The molecule has 21 heavy (non-hydrogen) atoms. The van der Waals surface area contributed by atoms with E-state index in [1.807, 2.05) is 0 Å². The van der Waals surface area contributed by atoms with E-state index in [-0.39, 0.29) is 5.57 Å². The van der Waals surface area contributed by atoms with Crippen molar-refractivity contribution in [1.82, 2.24) is 10.6 Å². The van der Waals surface area contributed by atoms with Gasteiger partial charge in [-0.25, -0.2) is 4.79 Å². The highest BCUT2D eigenvalue weighted by atomic mass is 16.5. The fourth-order valence-corrected chi connectivity index (χ4v) is 2.32. The molecule has 1 aromatic rings. The minimum absolute atomic E-state index is 0.279. The summed E-state index contributed by atoms with van der Waals surface area (Å²) in [5, 5.41) is 5.21. The molecule has 1 atom stereocenters. The number of hydrogen-bond donors (Lipinski definition) is 3. The number of hydrogen-bond acceptors (Lipinski definition) is 4. The van der Waals surface area contributed by atoms with E-state index in [1.165, 1.54) is 14.2 Å². The number of allylic oxidation sites excluding steroid dienone is 1. The van der Waals surface area contributed by atoms with Gasteiger partial charge in [0.05, 0.1) is 25.8 Å². The lowest BCUT2D eigenvalue weighted by molar-refractivity contribution is -0.115. The van der Waals surface area contributed by atoms with E-state index in [1.54, 1.807) is 25.1 Å². The van der Waals surface area contributed by atoms with Gasteiger partial charge in [0, 0.05) is 11.3 Å². The molecule has 0 fully saturated rings. The second-order valence-electron chi connectivity index (χ2n) is 4.54. The van der Waals surface area contributed by atoms with Gasteiger partial charge in [-0.05, 0) is 25.1 Å². The van der Waals surface area contributed by atoms with Crippen molar-refractivity contribution in [2.45, 2.75) is 13.0 Å². The first kappa shape index (κ1) is 14.7. The molecule has 0 saturated heterocycles. The number of carbonyl (C=O) groups is 2. The van der Waals surface area contributed by atoms with E-state index in [0.29, 0.717) is 22.8 Å². The first-order valence-corrected chi connectivity index (χ1v) is 6.28. The lowest BCUT2D eigenvalue weighted by atomic mass is 9.94. The molecular formula is C14H17N3O4. The largest absolute Gasteiger partial charge is 0.497 e. The van der Waals surface area contributed by atoms with Crippen molar-refractivity contribution in [3.8, 4) is 11.5 Å². The number of nitrogens with one attached hydrogen (secondary N) is 2. The van der Waals surface area contributed by atoms with Gasteiger partial charge in [-0.1, -0.05) is 0 Å². The van der Waals surface area contributed by atoms with Crippen LogP contribution in [-0.2, 0) is 4.79 Å². The fourth-order valence-electron chi connectivity index (χ4n) is 2.32. The van der Waals surface area contributed by atoms with E-state index in [0.717, 1.165) is 0 Å². The van der Waals surface area contributed by atoms with Crippen molar-refractivity contribution in [1.29, 1.82) is 0 Å². The Kier molecular flexibility index (Phi) is 4.02. The molecule has 1 heterocycles. The number of primary amides is 1. The van der Waals surface area contributed by atoms with E-state index in [2.05, 4.69) is 10.6 Å². The number of methoxy groups -OCH3 is 2. The third-order valence-electron chi connectivity index (χ3n) is 3.28. The number of urea groups is 1. The van der Waals surface area contributed by atoms with Crippen molar-refractivity contribution >= 4 is 11.9 Å². The van der Waals surface area contributed by atoms with Crippen molar-refractivity contribution in [3.05, 3.63) is 35.0 Å². The highest BCUT2D eigenvalue weighted by Gasteiger charge is 2.32. The van der Waals surface area contributed by atoms with Gasteiger partial charge in [0.2, 0.25) is 5.91 Å². The van der Waals surface area contributed by atoms with Crippen LogP contribution in [0.3, 0.4) is 0 Å². The Labute approximate surface area is 122 Å². The lowest BCUT2D eigenvalue weighted by Crippen LogP contribution is -2.46. The van der Waals surface area contributed by atoms with E-state index in [9.17, 15) is 9.59 Å². The number of benzene rings is 1. The first-order chi connectivity index (χ1) is 9.97. The molecule has 2 rings (SSSR count). The molecule has 0 radical (unpaired) electrons. The second-order valence-corrected chi connectivity index (χ2v) is 4.54. The van der Waals surface area contributed by atoms with Gasteiger partial charge >= 0.3 is 6.03 Å². The number of nitrogens with two attached hydrogens (primary N) is 1. The molecule has 0 unspecified atom stereocenters. The smallest absolute Gasteiger partial charge is 0.319 e. The number of rotatable bonds is 4. The zero-order valence-corrected chi connectivity index (χ0v) is 12.0. The van der Waals surface area contributed by atoms with E-state index in [4.69, 9.17) is 15.2 Å². The maximum Gasteiger partial charge on any atom is 0.319 e. The molecule has 0 bridgehead atoms. The SMILES string of the molecule is COc1ccc(OC)c([C@H]2NC(=O)NC(C)=C2C(N)=O)c1. The summed E-state index contributed by atoms with van der Waals surface area (Å²) in [6, 6.07) is 4.03. The Morgan fingerprint density at radius 1 is 1.29 bits per heavy atom. The second kappa shape index (κ2) is 5.74. The topological polar surface area (TPSA) is 103 Å². The minimum Gasteiger partial charge on any atom is -0.497 e. The van der Waals surface area contributed by atoms with Crippen molar-refractivity contribution < 1.29 is 19.1 Å². The van der Waals surface area contributed by atoms with Crippen LogP contribution in [0.25, 0.3) is 0 Å². The summed E-state index contributed by atoms with van der Waals surface area (Å²) < 4.78 is 10.5. The van der Waals surface area contributed by atoms with Crippen LogP contribution in [-0.4, -0.2) is 26.2 Å². The van der Waals surface area contributed by atoms with Crippen LogP contribution in [0.4, 0.5) is 4.79 Å². The Morgan fingerprint density at radius 3 is 2.57 bits per heavy atom. The molecule has 0 saturated carbocycles. The van der Waals surface area contributed by atoms with E-state index >= 15 is 0 Å². The predicted molar refractivity (Wildman–Crippen MR) is 75.8 cm³/mol. The van der Waals surface area contributed by atoms with Crippen molar-refractivity contribution in [2.24, 2.45) is 5.73 Å². The van der Waals surface area contributed by atoms with E-state index < -0.39 is 18.0 Å². The van der Waals surface area contributed by atoms with Crippen LogP contribution < -0.4 is 25.8 Å². The summed E-state index contributed by atoms with van der Waals surface area (Å²) in [4.78, 5) is 23.4. The van der Waals surface area contributed by atoms with Gasteiger partial charge in [-0.2, -0.15) is 0 Å². The standard InChI is InChI=1S/C14H17N3O4/c1-7-11(13(15)18)12(17-14(19)16-7)9-6-8(20-2)4-5-10(9)21-3/h4-6,12H,1-3H3,(H2,15,18)(H2,16,17,19)/t12-/m1/s1. The molecule has 112 valence electrons. The molecule has 1 aliphatic heterocycles. The van der Waals surface area contributed by atoms with Crippen LogP contribution in [0, 0.1) is 0 Å². The minimum atomic E-state index is -0.693. The van der Waals surface area contributed by atoms with Gasteiger partial charge < -0.3 is 25.8 Å². The third kappa shape index (κ3) is 2.76. The van der Waals surface area contributed by atoms with Gasteiger partial charge in [0.25, 0.3) is 0 Å². The monoisotopic (exact) mass is 291 g/mol. The fraction of sp³-hybridized carbons (Fsp3) is 0.286. The van der Waals surface area contributed by atoms with Gasteiger partial charge in [0.15, 0.2) is 0 Å². The molecule has 4 N–H and O–H groups in total. The van der Waals surface area contributed by atoms with Gasteiger partial charge in [-0.15, -0.1) is 0 Å². The Bertz CT molecular complexity index is 625. The zero-order chi connectivity index (χ0) is 15.6. The third-order valence-corrected chi connectivity index (χ3v) is 3.28. The van der Waals surface area contributed by atoms with Crippen molar-refractivity contribution in [3.63, 3.8) is 0 Å². The maximum atomic E-state index is 11.7. The quantitative estimate of drug-likeness (QED) is 0.764. The molecule has 1 aromatic carbocycles. The molecule has 0 aromatic heterocycles. The van der Waals surface area contributed by atoms with Gasteiger partial charge in [0.1, 0.15) is 11.5 Å². The molecule has 0 spiro atoms. The molecule has 0 aliphatic carbocycles. The molecule has 3 amide bonds. The first-order valence-electron chi connectivity index (χ1n) is 6.28. The van der Waals surface area contributed by atoms with Crippen molar-refractivity contribution in [2.75, 3.05) is 14.2 Å². The summed E-state index contributed by atoms with van der Waals surface area (Å²) in [5.74, 6) is 0.490. The maximum absolute atomic E-state index is 11.7. The van der Waals surface area contributed by atoms with Crippen LogP contribution in [0.5, 0.6) is 11.5 Å². The number of carbonyl (C=O) groups excluding carboxylic acids is 2. The number of ether oxygens (including phenoxy) is 2. The summed E-state index contributed by atoms with van der Waals surface area (Å²) in [5.41, 5.74) is 6.73. The zero-order valence-electron chi connectivity index (χ0n) is 12.0. The predicted octanol–water partition coefficient (Wildman–Crippen LogP) is 0.817.